The summed E-state index contributed by atoms with van der Waals surface area (Å²) in [6, 6.07) is 7.87. The van der Waals surface area contributed by atoms with Crippen molar-refractivity contribution in [2.45, 2.75) is 31.6 Å². The highest BCUT2D eigenvalue weighted by molar-refractivity contribution is 5.86. The standard InChI is InChI=1S/C15H18O2/c1-2-3-4-8-14(16)12-10-11-17-15-9-6-5-7-13(12)15/h2,5-7,9,12H,1,3-4,8,10-11H2. The number of hydrogen-bond donors (Lipinski definition) is 0. The average molecular weight is 230 g/mol. The molecular weight excluding hydrogens is 212 g/mol. The summed E-state index contributed by atoms with van der Waals surface area (Å²) >= 11 is 0. The molecule has 1 atom stereocenters. The second-order valence-corrected chi connectivity index (χ2v) is 4.37. The van der Waals surface area contributed by atoms with Crippen molar-refractivity contribution < 1.29 is 9.53 Å². The van der Waals surface area contributed by atoms with E-state index in [0.29, 0.717) is 18.8 Å². The third-order valence-electron chi connectivity index (χ3n) is 3.18. The molecular formula is C15H18O2. The Labute approximate surface area is 102 Å². The first-order valence-electron chi connectivity index (χ1n) is 6.18. The molecule has 17 heavy (non-hydrogen) atoms. The molecule has 0 spiro atoms. The minimum Gasteiger partial charge on any atom is -0.493 e. The van der Waals surface area contributed by atoms with Crippen molar-refractivity contribution in [3.8, 4) is 5.75 Å². The fraction of sp³-hybridized carbons (Fsp3) is 0.400. The summed E-state index contributed by atoms with van der Waals surface area (Å²) in [4.78, 5) is 12.1. The van der Waals surface area contributed by atoms with Gasteiger partial charge in [0.05, 0.1) is 6.61 Å². The number of carbonyl (C=O) groups is 1. The highest BCUT2D eigenvalue weighted by atomic mass is 16.5. The number of unbranched alkanes of at least 4 members (excludes halogenated alkanes) is 1. The van der Waals surface area contributed by atoms with Crippen LogP contribution in [0.4, 0.5) is 0 Å². The summed E-state index contributed by atoms with van der Waals surface area (Å²) in [5.74, 6) is 1.24. The number of carbonyl (C=O) groups excluding carboxylic acids is 1. The maximum atomic E-state index is 12.1. The Hall–Kier alpha value is -1.57. The van der Waals surface area contributed by atoms with Gasteiger partial charge < -0.3 is 4.74 Å². The van der Waals surface area contributed by atoms with Gasteiger partial charge in [0.15, 0.2) is 0 Å². The predicted molar refractivity (Wildman–Crippen MR) is 68.4 cm³/mol. The number of benzene rings is 1. The number of ether oxygens (including phenoxy) is 1. The van der Waals surface area contributed by atoms with Crippen LogP contribution in [0.25, 0.3) is 0 Å². The minimum absolute atomic E-state index is 0.0322. The molecule has 2 nitrogen and oxygen atoms in total. The number of rotatable bonds is 5. The van der Waals surface area contributed by atoms with E-state index in [4.69, 9.17) is 4.74 Å². The second-order valence-electron chi connectivity index (χ2n) is 4.37. The summed E-state index contributed by atoms with van der Waals surface area (Å²) in [6.45, 7) is 4.32. The van der Waals surface area contributed by atoms with Crippen LogP contribution in [0.5, 0.6) is 5.75 Å². The van der Waals surface area contributed by atoms with E-state index in [-0.39, 0.29) is 5.92 Å². The summed E-state index contributed by atoms with van der Waals surface area (Å²) in [6.07, 6.45) is 5.14. The average Bonchev–Trinajstić information content (AvgIpc) is 2.38. The molecule has 90 valence electrons. The van der Waals surface area contributed by atoms with E-state index < -0.39 is 0 Å². The molecule has 1 unspecified atom stereocenters. The van der Waals surface area contributed by atoms with Gasteiger partial charge in [-0.05, 0) is 25.3 Å². The molecule has 1 aromatic carbocycles. The molecule has 2 rings (SSSR count). The van der Waals surface area contributed by atoms with Crippen molar-refractivity contribution in [2.75, 3.05) is 6.61 Å². The second kappa shape index (κ2) is 5.67. The molecule has 0 bridgehead atoms. The van der Waals surface area contributed by atoms with Gasteiger partial charge in [0.25, 0.3) is 0 Å². The quantitative estimate of drug-likeness (QED) is 0.572. The Morgan fingerprint density at radius 3 is 3.12 bits per heavy atom. The van der Waals surface area contributed by atoms with Crippen LogP contribution < -0.4 is 4.74 Å². The zero-order valence-corrected chi connectivity index (χ0v) is 10.0. The lowest BCUT2D eigenvalue weighted by atomic mass is 9.87. The Morgan fingerprint density at radius 1 is 1.47 bits per heavy atom. The topological polar surface area (TPSA) is 26.3 Å². The molecule has 0 N–H and O–H groups in total. The minimum atomic E-state index is 0.0322. The monoisotopic (exact) mass is 230 g/mol. The largest absolute Gasteiger partial charge is 0.493 e. The summed E-state index contributed by atoms with van der Waals surface area (Å²) in [7, 11) is 0. The zero-order valence-electron chi connectivity index (χ0n) is 10.0. The highest BCUT2D eigenvalue weighted by Crippen LogP contribution is 2.34. The molecule has 0 aromatic heterocycles. The smallest absolute Gasteiger partial charge is 0.140 e. The number of hydrogen-bond acceptors (Lipinski definition) is 2. The van der Waals surface area contributed by atoms with Crippen molar-refractivity contribution >= 4 is 5.78 Å². The van der Waals surface area contributed by atoms with Crippen LogP contribution in [0, 0.1) is 0 Å². The lowest BCUT2D eigenvalue weighted by Gasteiger charge is -2.24. The molecule has 1 aliphatic heterocycles. The summed E-state index contributed by atoms with van der Waals surface area (Å²) in [5, 5.41) is 0. The third kappa shape index (κ3) is 2.76. The molecule has 0 radical (unpaired) electrons. The van der Waals surface area contributed by atoms with Crippen molar-refractivity contribution in [3.05, 3.63) is 42.5 Å². The van der Waals surface area contributed by atoms with Gasteiger partial charge in [-0.1, -0.05) is 24.3 Å². The van der Waals surface area contributed by atoms with Crippen LogP contribution in [0.1, 0.15) is 37.2 Å². The number of allylic oxidation sites excluding steroid dienone is 1. The fourth-order valence-corrected chi connectivity index (χ4v) is 2.27. The maximum absolute atomic E-state index is 12.1. The first-order chi connectivity index (χ1) is 8.33. The Morgan fingerprint density at radius 2 is 2.29 bits per heavy atom. The lowest BCUT2D eigenvalue weighted by Crippen LogP contribution is -2.21. The van der Waals surface area contributed by atoms with E-state index in [9.17, 15) is 4.79 Å². The molecule has 0 saturated carbocycles. The van der Waals surface area contributed by atoms with Crippen LogP contribution in [0.2, 0.25) is 0 Å². The molecule has 0 saturated heterocycles. The van der Waals surface area contributed by atoms with Crippen LogP contribution in [-0.2, 0) is 4.79 Å². The SMILES string of the molecule is C=CCCCC(=O)C1CCOc2ccccc21. The summed E-state index contributed by atoms with van der Waals surface area (Å²) in [5.41, 5.74) is 1.06. The van der Waals surface area contributed by atoms with E-state index in [1.165, 1.54) is 0 Å². The Balaban J connectivity index is 2.07. The van der Waals surface area contributed by atoms with E-state index in [2.05, 4.69) is 6.58 Å². The molecule has 1 heterocycles. The molecule has 0 amide bonds. The molecule has 0 aliphatic carbocycles. The van der Waals surface area contributed by atoms with Gasteiger partial charge in [-0.15, -0.1) is 6.58 Å². The van der Waals surface area contributed by atoms with Crippen LogP contribution >= 0.6 is 0 Å². The van der Waals surface area contributed by atoms with Crippen molar-refractivity contribution in [1.82, 2.24) is 0 Å². The number of fused-ring (bicyclic) bond motifs is 1. The molecule has 0 fully saturated rings. The number of para-hydroxylation sites is 1. The Kier molecular flexibility index (Phi) is 3.97. The number of Topliss-reactive ketones (excluding diaryl/α,β-unsaturated/α-hetero) is 1. The lowest BCUT2D eigenvalue weighted by molar-refractivity contribution is -0.121. The zero-order chi connectivity index (χ0) is 12.1. The van der Waals surface area contributed by atoms with E-state index in [0.717, 1.165) is 30.6 Å². The van der Waals surface area contributed by atoms with Crippen molar-refractivity contribution in [1.29, 1.82) is 0 Å². The van der Waals surface area contributed by atoms with E-state index in [1.807, 2.05) is 30.3 Å². The van der Waals surface area contributed by atoms with Crippen LogP contribution in [-0.4, -0.2) is 12.4 Å². The fourth-order valence-electron chi connectivity index (χ4n) is 2.27. The summed E-state index contributed by atoms with van der Waals surface area (Å²) < 4.78 is 5.56. The van der Waals surface area contributed by atoms with Gasteiger partial charge in [0.1, 0.15) is 11.5 Å². The Bertz CT molecular complexity index is 409. The van der Waals surface area contributed by atoms with Gasteiger partial charge in [0, 0.05) is 17.9 Å². The van der Waals surface area contributed by atoms with E-state index in [1.54, 1.807) is 0 Å². The first-order valence-corrected chi connectivity index (χ1v) is 6.18. The van der Waals surface area contributed by atoms with Gasteiger partial charge in [-0.3, -0.25) is 4.79 Å². The van der Waals surface area contributed by atoms with Crippen molar-refractivity contribution in [3.63, 3.8) is 0 Å². The maximum Gasteiger partial charge on any atom is 0.140 e. The van der Waals surface area contributed by atoms with Crippen LogP contribution in [0.3, 0.4) is 0 Å². The first kappa shape index (κ1) is 11.9. The normalized spacial score (nSPS) is 18.0. The highest BCUT2D eigenvalue weighted by Gasteiger charge is 2.26. The van der Waals surface area contributed by atoms with Crippen molar-refractivity contribution in [2.24, 2.45) is 0 Å². The number of ketones is 1. The third-order valence-corrected chi connectivity index (χ3v) is 3.18. The van der Waals surface area contributed by atoms with Gasteiger partial charge >= 0.3 is 0 Å². The molecule has 1 aliphatic rings. The van der Waals surface area contributed by atoms with Gasteiger partial charge in [-0.25, -0.2) is 0 Å². The van der Waals surface area contributed by atoms with Gasteiger partial charge in [0.2, 0.25) is 0 Å². The predicted octanol–water partition coefficient (Wildman–Crippen LogP) is 3.48. The van der Waals surface area contributed by atoms with E-state index >= 15 is 0 Å². The van der Waals surface area contributed by atoms with Crippen LogP contribution in [0.15, 0.2) is 36.9 Å². The van der Waals surface area contributed by atoms with Gasteiger partial charge in [-0.2, -0.15) is 0 Å². The molecule has 1 aromatic rings. The molecule has 2 heteroatoms.